The molecule has 0 bridgehead atoms. The van der Waals surface area contributed by atoms with Gasteiger partial charge in [-0.05, 0) is 38.1 Å². The molecule has 0 amide bonds. The van der Waals surface area contributed by atoms with Crippen LogP contribution in [-0.2, 0) is 7.05 Å². The lowest BCUT2D eigenvalue weighted by Gasteiger charge is -2.06. The van der Waals surface area contributed by atoms with E-state index in [-0.39, 0.29) is 5.78 Å². The fourth-order valence-electron chi connectivity index (χ4n) is 2.01. The van der Waals surface area contributed by atoms with Gasteiger partial charge in [-0.25, -0.2) is 0 Å². The second-order valence-electron chi connectivity index (χ2n) is 4.63. The second-order valence-corrected chi connectivity index (χ2v) is 5.55. The van der Waals surface area contributed by atoms with E-state index in [1.54, 1.807) is 0 Å². The predicted octanol–water partition coefficient (Wildman–Crippen LogP) is 3.70. The second kappa shape index (κ2) is 5.61. The quantitative estimate of drug-likeness (QED) is 0.871. The summed E-state index contributed by atoms with van der Waals surface area (Å²) in [5.74, 6) is 0.112. The molecule has 0 saturated heterocycles. The molecule has 0 aliphatic carbocycles. The zero-order valence-electron chi connectivity index (χ0n) is 11.3. The summed E-state index contributed by atoms with van der Waals surface area (Å²) in [6.07, 6.45) is 0. The van der Waals surface area contributed by atoms with Crippen molar-refractivity contribution in [1.82, 2.24) is 4.57 Å². The lowest BCUT2D eigenvalue weighted by atomic mass is 10.1. The highest BCUT2D eigenvalue weighted by atomic mass is 79.9. The highest BCUT2D eigenvalue weighted by molar-refractivity contribution is 9.10. The summed E-state index contributed by atoms with van der Waals surface area (Å²) in [5.41, 5.74) is 3.84. The van der Waals surface area contributed by atoms with Crippen LogP contribution >= 0.6 is 15.9 Å². The smallest absolute Gasteiger partial charge is 0.183 e. The Balaban J connectivity index is 2.07. The van der Waals surface area contributed by atoms with E-state index in [1.807, 2.05) is 55.8 Å². The number of benzene rings is 1. The molecule has 0 radical (unpaired) electrons. The number of aromatic nitrogens is 1. The van der Waals surface area contributed by atoms with E-state index in [2.05, 4.69) is 21.2 Å². The Morgan fingerprint density at radius 2 is 2.05 bits per heavy atom. The Kier molecular flexibility index (Phi) is 4.10. The van der Waals surface area contributed by atoms with Crippen LogP contribution in [0.25, 0.3) is 0 Å². The van der Waals surface area contributed by atoms with Crippen molar-refractivity contribution >= 4 is 27.4 Å². The molecule has 1 heterocycles. The van der Waals surface area contributed by atoms with Crippen molar-refractivity contribution in [3.63, 3.8) is 0 Å². The van der Waals surface area contributed by atoms with E-state index >= 15 is 0 Å². The molecule has 3 nitrogen and oxygen atoms in total. The Labute approximate surface area is 121 Å². The van der Waals surface area contributed by atoms with Gasteiger partial charge < -0.3 is 9.88 Å². The molecule has 0 saturated carbocycles. The fourth-order valence-corrected chi connectivity index (χ4v) is 2.41. The number of aryl methyl sites for hydroxylation is 1. The van der Waals surface area contributed by atoms with E-state index in [1.165, 1.54) is 0 Å². The number of rotatable bonds is 4. The summed E-state index contributed by atoms with van der Waals surface area (Å²) in [6.45, 7) is 4.28. The van der Waals surface area contributed by atoms with E-state index in [0.717, 1.165) is 27.1 Å². The Morgan fingerprint density at radius 1 is 1.32 bits per heavy atom. The van der Waals surface area contributed by atoms with Crippen LogP contribution in [0.4, 0.5) is 5.69 Å². The van der Waals surface area contributed by atoms with Gasteiger partial charge in [-0.3, -0.25) is 4.79 Å². The minimum absolute atomic E-state index is 0.112. The molecule has 0 aliphatic heterocycles. The normalized spacial score (nSPS) is 10.5. The maximum atomic E-state index is 12.2. The van der Waals surface area contributed by atoms with Gasteiger partial charge in [0.1, 0.15) is 0 Å². The average Bonchev–Trinajstić information content (AvgIpc) is 2.64. The van der Waals surface area contributed by atoms with Crippen molar-refractivity contribution in [2.45, 2.75) is 13.8 Å². The summed E-state index contributed by atoms with van der Waals surface area (Å²) in [7, 11) is 1.98. The zero-order chi connectivity index (χ0) is 14.0. The first-order valence-corrected chi connectivity index (χ1v) is 6.94. The molecule has 1 N–H and O–H groups in total. The van der Waals surface area contributed by atoms with Crippen LogP contribution < -0.4 is 5.32 Å². The number of anilines is 1. The van der Waals surface area contributed by atoms with E-state index in [9.17, 15) is 4.79 Å². The number of Topliss-reactive ketones (excluding diaryl/α,β-unsaturated/α-hetero) is 1. The van der Waals surface area contributed by atoms with Gasteiger partial charge in [-0.2, -0.15) is 0 Å². The molecule has 1 aromatic carbocycles. The summed E-state index contributed by atoms with van der Waals surface area (Å²) < 4.78 is 3.03. The highest BCUT2D eigenvalue weighted by Gasteiger charge is 2.13. The fraction of sp³-hybridized carbons (Fsp3) is 0.267. The average molecular weight is 321 g/mol. The minimum Gasteiger partial charge on any atom is -0.378 e. The molecule has 2 aromatic rings. The van der Waals surface area contributed by atoms with Gasteiger partial charge in [0, 0.05) is 34.2 Å². The number of nitrogens with zero attached hydrogens (tertiary/aromatic N) is 1. The molecule has 0 fully saturated rings. The summed E-state index contributed by atoms with van der Waals surface area (Å²) >= 11 is 3.41. The molecule has 100 valence electrons. The monoisotopic (exact) mass is 320 g/mol. The molecule has 19 heavy (non-hydrogen) atoms. The van der Waals surface area contributed by atoms with Crippen molar-refractivity contribution in [2.75, 3.05) is 11.9 Å². The molecule has 0 unspecified atom stereocenters. The molecule has 0 aliphatic rings. The number of carbonyl (C=O) groups is 1. The molecule has 0 atom stereocenters. The van der Waals surface area contributed by atoms with Gasteiger partial charge in [0.2, 0.25) is 0 Å². The molecular weight excluding hydrogens is 304 g/mol. The van der Waals surface area contributed by atoms with Crippen LogP contribution in [0, 0.1) is 13.8 Å². The van der Waals surface area contributed by atoms with Gasteiger partial charge in [-0.1, -0.05) is 22.0 Å². The van der Waals surface area contributed by atoms with E-state index in [4.69, 9.17) is 0 Å². The predicted molar refractivity (Wildman–Crippen MR) is 81.8 cm³/mol. The third kappa shape index (κ3) is 3.07. The Hall–Kier alpha value is -1.55. The maximum absolute atomic E-state index is 12.2. The first kappa shape index (κ1) is 13.9. The van der Waals surface area contributed by atoms with Crippen molar-refractivity contribution in [3.8, 4) is 0 Å². The standard InChI is InChI=1S/C15H17BrN2O/c1-10-7-14(11(2)18(10)3)15(19)9-17-13-6-4-5-12(16)8-13/h4-8,17H,9H2,1-3H3. The number of hydrogen-bond donors (Lipinski definition) is 1. The molecule has 1 aromatic heterocycles. The van der Waals surface area contributed by atoms with Gasteiger partial charge >= 0.3 is 0 Å². The number of ketones is 1. The number of hydrogen-bond acceptors (Lipinski definition) is 2. The van der Waals surface area contributed by atoms with E-state index in [0.29, 0.717) is 6.54 Å². The van der Waals surface area contributed by atoms with Gasteiger partial charge in [0.25, 0.3) is 0 Å². The number of carbonyl (C=O) groups excluding carboxylic acids is 1. The lowest BCUT2D eigenvalue weighted by molar-refractivity contribution is 0.101. The molecular formula is C15H17BrN2O. The summed E-state index contributed by atoms with van der Waals surface area (Å²) in [4.78, 5) is 12.2. The molecule has 0 spiro atoms. The SMILES string of the molecule is Cc1cc(C(=O)CNc2cccc(Br)c2)c(C)n1C. The van der Waals surface area contributed by atoms with Crippen LogP contribution in [-0.4, -0.2) is 16.9 Å². The van der Waals surface area contributed by atoms with Crippen molar-refractivity contribution < 1.29 is 4.79 Å². The first-order chi connectivity index (χ1) is 8.99. The highest BCUT2D eigenvalue weighted by Crippen LogP contribution is 2.17. The largest absolute Gasteiger partial charge is 0.378 e. The van der Waals surface area contributed by atoms with Crippen LogP contribution in [0.2, 0.25) is 0 Å². The molecule has 2 rings (SSSR count). The van der Waals surface area contributed by atoms with E-state index < -0.39 is 0 Å². The van der Waals surface area contributed by atoms with Crippen LogP contribution in [0.15, 0.2) is 34.8 Å². The van der Waals surface area contributed by atoms with Crippen LogP contribution in [0.1, 0.15) is 21.7 Å². The maximum Gasteiger partial charge on any atom is 0.183 e. The van der Waals surface area contributed by atoms with Crippen LogP contribution in [0.3, 0.4) is 0 Å². The van der Waals surface area contributed by atoms with Crippen LogP contribution in [0.5, 0.6) is 0 Å². The summed E-state index contributed by atoms with van der Waals surface area (Å²) in [6, 6.07) is 9.74. The minimum atomic E-state index is 0.112. The zero-order valence-corrected chi connectivity index (χ0v) is 12.9. The first-order valence-electron chi connectivity index (χ1n) is 6.14. The van der Waals surface area contributed by atoms with Gasteiger partial charge in [0.15, 0.2) is 5.78 Å². The van der Waals surface area contributed by atoms with Crippen molar-refractivity contribution in [2.24, 2.45) is 7.05 Å². The third-order valence-electron chi connectivity index (χ3n) is 3.35. The van der Waals surface area contributed by atoms with Crippen molar-refractivity contribution in [1.29, 1.82) is 0 Å². The molecule has 4 heteroatoms. The lowest BCUT2D eigenvalue weighted by Crippen LogP contribution is -2.14. The van der Waals surface area contributed by atoms with Gasteiger partial charge in [-0.15, -0.1) is 0 Å². The third-order valence-corrected chi connectivity index (χ3v) is 3.85. The van der Waals surface area contributed by atoms with Gasteiger partial charge in [0.05, 0.1) is 6.54 Å². The Bertz CT molecular complexity index is 617. The van der Waals surface area contributed by atoms with Crippen molar-refractivity contribution in [3.05, 3.63) is 51.8 Å². The summed E-state index contributed by atoms with van der Waals surface area (Å²) in [5, 5.41) is 3.15. The number of halogens is 1. The topological polar surface area (TPSA) is 34.0 Å². The number of nitrogens with one attached hydrogen (secondary N) is 1. The Morgan fingerprint density at radius 3 is 2.63 bits per heavy atom.